The number of nitrogens with one attached hydrogen (secondary N) is 1. The van der Waals surface area contributed by atoms with E-state index in [9.17, 15) is 9.18 Å². The van der Waals surface area contributed by atoms with E-state index >= 15 is 0 Å². The first-order valence-corrected chi connectivity index (χ1v) is 13.0. The molecule has 1 aliphatic rings. The summed E-state index contributed by atoms with van der Waals surface area (Å²) in [5, 5.41) is 3.52. The summed E-state index contributed by atoms with van der Waals surface area (Å²) in [5.74, 6) is 0.659. The van der Waals surface area contributed by atoms with Crippen LogP contribution < -0.4 is 5.32 Å². The molecular weight excluding hydrogens is 477 g/mol. The zero-order valence-electron chi connectivity index (χ0n) is 22.4. The summed E-state index contributed by atoms with van der Waals surface area (Å²) >= 11 is 0. The van der Waals surface area contributed by atoms with Crippen molar-refractivity contribution in [3.8, 4) is 22.6 Å². The minimum absolute atomic E-state index is 0.0395. The number of carbonyl (C=O) groups is 1. The molecular formula is C31H34FN5O. The minimum Gasteiger partial charge on any atom is -0.339 e. The Balaban J connectivity index is 1.24. The first kappa shape index (κ1) is 25.8. The number of aryl methyl sites for hydroxylation is 1. The van der Waals surface area contributed by atoms with Gasteiger partial charge in [0.05, 0.1) is 18.2 Å². The van der Waals surface area contributed by atoms with Crippen molar-refractivity contribution in [2.75, 3.05) is 19.6 Å². The van der Waals surface area contributed by atoms with Crippen molar-refractivity contribution < 1.29 is 9.18 Å². The SMILES string of the molecule is Cn1cc(C2CN(C(=O)Cc3ccc(-c4ccc(F)cc4)cc3)CCN2)nc1-c1ccc(C(C)(C)C)cn1. The van der Waals surface area contributed by atoms with Gasteiger partial charge in [-0.15, -0.1) is 0 Å². The van der Waals surface area contributed by atoms with Gasteiger partial charge in [0.25, 0.3) is 0 Å². The van der Waals surface area contributed by atoms with Gasteiger partial charge in [0.2, 0.25) is 5.91 Å². The molecule has 1 amide bonds. The van der Waals surface area contributed by atoms with Crippen LogP contribution in [0.4, 0.5) is 4.39 Å². The molecule has 0 bridgehead atoms. The van der Waals surface area contributed by atoms with Crippen LogP contribution in [0.1, 0.15) is 43.6 Å². The monoisotopic (exact) mass is 511 g/mol. The summed E-state index contributed by atoms with van der Waals surface area (Å²) in [6, 6.07) is 18.4. The second-order valence-corrected chi connectivity index (χ2v) is 11.0. The maximum atomic E-state index is 13.2. The van der Waals surface area contributed by atoms with Crippen molar-refractivity contribution in [3.63, 3.8) is 0 Å². The lowest BCUT2D eigenvalue weighted by Gasteiger charge is -2.33. The van der Waals surface area contributed by atoms with Crippen LogP contribution in [0.25, 0.3) is 22.6 Å². The van der Waals surface area contributed by atoms with Crippen molar-refractivity contribution in [2.24, 2.45) is 7.05 Å². The van der Waals surface area contributed by atoms with Crippen molar-refractivity contribution >= 4 is 5.91 Å². The Bertz CT molecular complexity index is 1400. The summed E-state index contributed by atoms with van der Waals surface area (Å²) in [7, 11) is 1.98. The number of benzene rings is 2. The van der Waals surface area contributed by atoms with E-state index in [0.717, 1.165) is 33.9 Å². The number of nitrogens with zero attached hydrogens (tertiary/aromatic N) is 4. The normalized spacial score (nSPS) is 16.0. The molecule has 0 saturated carbocycles. The van der Waals surface area contributed by atoms with Crippen LogP contribution in [0, 0.1) is 5.82 Å². The number of hydrogen-bond acceptors (Lipinski definition) is 4. The van der Waals surface area contributed by atoms with Crippen LogP contribution in [-0.2, 0) is 23.7 Å². The number of halogens is 1. The molecule has 1 saturated heterocycles. The van der Waals surface area contributed by atoms with E-state index < -0.39 is 0 Å². The standard InChI is InChI=1S/C31H34FN5O/c1-31(2,3)24-11-14-26(34-18-24)30-35-28(19-36(30)4)27-20-37(16-15-33-27)29(38)17-21-5-7-22(8-6-21)23-9-12-25(32)13-10-23/h5-14,18-19,27,33H,15-17,20H2,1-4H3. The van der Waals surface area contributed by atoms with Gasteiger partial charge in [0, 0.05) is 39.1 Å². The molecule has 4 aromatic rings. The predicted octanol–water partition coefficient (Wildman–Crippen LogP) is 5.30. The van der Waals surface area contributed by atoms with Crippen LogP contribution in [0.3, 0.4) is 0 Å². The van der Waals surface area contributed by atoms with Gasteiger partial charge in [-0.3, -0.25) is 9.78 Å². The zero-order valence-corrected chi connectivity index (χ0v) is 22.4. The molecule has 196 valence electrons. The summed E-state index contributed by atoms with van der Waals surface area (Å²) in [4.78, 5) is 24.6. The van der Waals surface area contributed by atoms with E-state index in [1.807, 2.05) is 59.2 Å². The zero-order chi connectivity index (χ0) is 26.9. The fourth-order valence-corrected chi connectivity index (χ4v) is 4.78. The highest BCUT2D eigenvalue weighted by Crippen LogP contribution is 2.26. The molecule has 1 unspecified atom stereocenters. The Morgan fingerprint density at radius 2 is 1.71 bits per heavy atom. The largest absolute Gasteiger partial charge is 0.339 e. The number of piperazine rings is 1. The molecule has 7 heteroatoms. The predicted molar refractivity (Wildman–Crippen MR) is 148 cm³/mol. The van der Waals surface area contributed by atoms with Crippen molar-refractivity contribution in [2.45, 2.75) is 38.6 Å². The summed E-state index contributed by atoms with van der Waals surface area (Å²) in [6.07, 6.45) is 4.29. The summed E-state index contributed by atoms with van der Waals surface area (Å²) in [5.41, 5.74) is 5.88. The minimum atomic E-state index is -0.251. The van der Waals surface area contributed by atoms with Gasteiger partial charge in [-0.25, -0.2) is 9.37 Å². The average molecular weight is 512 g/mol. The molecule has 1 aliphatic heterocycles. The van der Waals surface area contributed by atoms with Crippen molar-refractivity contribution in [3.05, 3.63) is 95.7 Å². The molecule has 1 atom stereocenters. The molecule has 0 aliphatic carbocycles. The van der Waals surface area contributed by atoms with Gasteiger partial charge in [-0.1, -0.05) is 63.2 Å². The number of pyridine rings is 1. The summed E-state index contributed by atoms with van der Waals surface area (Å²) in [6.45, 7) is 8.47. The Labute approximate surface area is 223 Å². The highest BCUT2D eigenvalue weighted by molar-refractivity contribution is 5.79. The Hall–Kier alpha value is -3.84. The summed E-state index contributed by atoms with van der Waals surface area (Å²) < 4.78 is 15.2. The molecule has 6 nitrogen and oxygen atoms in total. The average Bonchev–Trinajstić information content (AvgIpc) is 3.31. The fraction of sp³-hybridized carbons (Fsp3) is 0.323. The Morgan fingerprint density at radius 3 is 2.34 bits per heavy atom. The number of amides is 1. The van der Waals surface area contributed by atoms with E-state index in [0.29, 0.717) is 26.1 Å². The van der Waals surface area contributed by atoms with E-state index in [4.69, 9.17) is 4.98 Å². The number of aromatic nitrogens is 3. The van der Waals surface area contributed by atoms with E-state index in [2.05, 4.69) is 37.1 Å². The van der Waals surface area contributed by atoms with Gasteiger partial charge in [-0.05, 0) is 45.9 Å². The second kappa shape index (κ2) is 10.5. The third-order valence-corrected chi connectivity index (χ3v) is 7.13. The maximum absolute atomic E-state index is 13.2. The lowest BCUT2D eigenvalue weighted by atomic mass is 9.88. The molecule has 38 heavy (non-hydrogen) atoms. The highest BCUT2D eigenvalue weighted by atomic mass is 19.1. The molecule has 0 radical (unpaired) electrons. The van der Waals surface area contributed by atoms with Crippen LogP contribution in [0.5, 0.6) is 0 Å². The van der Waals surface area contributed by atoms with Gasteiger partial charge in [0.1, 0.15) is 11.5 Å². The second-order valence-electron chi connectivity index (χ2n) is 11.0. The van der Waals surface area contributed by atoms with Crippen LogP contribution >= 0.6 is 0 Å². The van der Waals surface area contributed by atoms with Crippen molar-refractivity contribution in [1.82, 2.24) is 24.8 Å². The Kier molecular flexibility index (Phi) is 7.13. The third-order valence-electron chi connectivity index (χ3n) is 7.13. The van der Waals surface area contributed by atoms with Crippen LogP contribution in [-0.4, -0.2) is 45.0 Å². The third kappa shape index (κ3) is 5.68. The van der Waals surface area contributed by atoms with Gasteiger partial charge >= 0.3 is 0 Å². The number of carbonyl (C=O) groups excluding carboxylic acids is 1. The van der Waals surface area contributed by atoms with E-state index in [1.165, 1.54) is 17.7 Å². The topological polar surface area (TPSA) is 63.1 Å². The van der Waals surface area contributed by atoms with Gasteiger partial charge in [0.15, 0.2) is 5.82 Å². The molecule has 5 rings (SSSR count). The van der Waals surface area contributed by atoms with Crippen LogP contribution in [0.2, 0.25) is 0 Å². The lowest BCUT2D eigenvalue weighted by molar-refractivity contribution is -0.131. The van der Waals surface area contributed by atoms with Crippen molar-refractivity contribution in [1.29, 1.82) is 0 Å². The number of imidazole rings is 1. The number of rotatable bonds is 5. The van der Waals surface area contributed by atoms with Gasteiger partial charge in [-0.2, -0.15) is 0 Å². The lowest BCUT2D eigenvalue weighted by Crippen LogP contribution is -2.48. The molecule has 3 heterocycles. The first-order chi connectivity index (χ1) is 18.2. The molecule has 1 fully saturated rings. The Morgan fingerprint density at radius 1 is 1.03 bits per heavy atom. The smallest absolute Gasteiger partial charge is 0.227 e. The maximum Gasteiger partial charge on any atom is 0.227 e. The first-order valence-electron chi connectivity index (χ1n) is 13.0. The van der Waals surface area contributed by atoms with Crippen LogP contribution in [0.15, 0.2) is 73.1 Å². The van der Waals surface area contributed by atoms with Gasteiger partial charge < -0.3 is 14.8 Å². The molecule has 2 aromatic carbocycles. The fourth-order valence-electron chi connectivity index (χ4n) is 4.78. The molecule has 1 N–H and O–H groups in total. The van der Waals surface area contributed by atoms with E-state index in [1.54, 1.807) is 12.1 Å². The highest BCUT2D eigenvalue weighted by Gasteiger charge is 2.27. The quantitative estimate of drug-likeness (QED) is 0.395. The molecule has 0 spiro atoms. The van der Waals surface area contributed by atoms with E-state index in [-0.39, 0.29) is 23.2 Å². The molecule has 2 aromatic heterocycles. The number of hydrogen-bond donors (Lipinski definition) is 1.